The monoisotopic (exact) mass is 203 g/mol. The van der Waals surface area contributed by atoms with Crippen molar-refractivity contribution >= 4 is 16.6 Å². The zero-order chi connectivity index (χ0) is 10.7. The minimum atomic E-state index is 0.650. The van der Waals surface area contributed by atoms with Gasteiger partial charge in [-0.1, -0.05) is 6.07 Å². The molecule has 2 aromatic rings. The van der Waals surface area contributed by atoms with Gasteiger partial charge in [0.25, 0.3) is 0 Å². The first-order valence-electron chi connectivity index (χ1n) is 4.83. The number of hydrogen-bond donors (Lipinski definition) is 2. The molecule has 15 heavy (non-hydrogen) atoms. The second-order valence-electron chi connectivity index (χ2n) is 3.12. The van der Waals surface area contributed by atoms with Gasteiger partial charge in [-0.2, -0.15) is 0 Å². The van der Waals surface area contributed by atoms with E-state index in [0.717, 1.165) is 16.5 Å². The molecule has 0 spiro atoms. The van der Waals surface area contributed by atoms with Crippen molar-refractivity contribution in [1.82, 2.24) is 4.98 Å². The molecule has 0 radical (unpaired) electrons. The molecule has 4 nitrogen and oxygen atoms in total. The van der Waals surface area contributed by atoms with Crippen molar-refractivity contribution in [2.45, 2.75) is 6.92 Å². The number of fused-ring (bicyclic) bond motifs is 1. The quantitative estimate of drug-likeness (QED) is 0.591. The number of ether oxygens (including phenoxy) is 1. The van der Waals surface area contributed by atoms with E-state index in [1.165, 1.54) is 0 Å². The van der Waals surface area contributed by atoms with Crippen LogP contribution in [-0.2, 0) is 0 Å². The van der Waals surface area contributed by atoms with Crippen molar-refractivity contribution in [2.75, 3.05) is 12.0 Å². The van der Waals surface area contributed by atoms with Crippen molar-refractivity contribution in [2.24, 2.45) is 5.84 Å². The molecule has 0 aliphatic heterocycles. The number of nitrogens with zero attached hydrogens (tertiary/aromatic N) is 1. The molecule has 0 saturated heterocycles. The molecule has 0 amide bonds. The summed E-state index contributed by atoms with van der Waals surface area (Å²) in [6, 6.07) is 7.79. The van der Waals surface area contributed by atoms with Crippen LogP contribution in [0.5, 0.6) is 5.75 Å². The van der Waals surface area contributed by atoms with E-state index in [1.54, 1.807) is 6.20 Å². The van der Waals surface area contributed by atoms with Crippen LogP contribution in [0.1, 0.15) is 6.92 Å². The van der Waals surface area contributed by atoms with Gasteiger partial charge >= 0.3 is 0 Å². The summed E-state index contributed by atoms with van der Waals surface area (Å²) >= 11 is 0. The summed E-state index contributed by atoms with van der Waals surface area (Å²) in [5.41, 5.74) is 2.57. The van der Waals surface area contributed by atoms with E-state index < -0.39 is 0 Å². The fourth-order valence-corrected chi connectivity index (χ4v) is 1.52. The SMILES string of the molecule is CCOc1ccc2ccnc(NN)c2c1. The Morgan fingerprint density at radius 3 is 3.00 bits per heavy atom. The highest BCUT2D eigenvalue weighted by Crippen LogP contribution is 2.25. The Morgan fingerprint density at radius 1 is 1.40 bits per heavy atom. The molecule has 0 bridgehead atoms. The molecule has 0 aliphatic rings. The fraction of sp³-hybridized carbons (Fsp3) is 0.182. The van der Waals surface area contributed by atoms with E-state index in [0.29, 0.717) is 12.4 Å². The lowest BCUT2D eigenvalue weighted by molar-refractivity contribution is 0.341. The molecule has 0 atom stereocenters. The van der Waals surface area contributed by atoms with Crippen LogP contribution in [0.2, 0.25) is 0 Å². The number of hydrazine groups is 1. The van der Waals surface area contributed by atoms with E-state index in [9.17, 15) is 0 Å². The Morgan fingerprint density at radius 2 is 2.27 bits per heavy atom. The first-order valence-corrected chi connectivity index (χ1v) is 4.83. The van der Waals surface area contributed by atoms with Crippen LogP contribution in [0, 0.1) is 0 Å². The molecule has 1 heterocycles. The highest BCUT2D eigenvalue weighted by Gasteiger charge is 2.02. The van der Waals surface area contributed by atoms with Gasteiger partial charge in [-0.15, -0.1) is 0 Å². The minimum absolute atomic E-state index is 0.650. The van der Waals surface area contributed by atoms with Gasteiger partial charge in [-0.3, -0.25) is 0 Å². The first-order chi connectivity index (χ1) is 7.35. The van der Waals surface area contributed by atoms with Crippen molar-refractivity contribution in [1.29, 1.82) is 0 Å². The third-order valence-electron chi connectivity index (χ3n) is 2.19. The highest BCUT2D eigenvalue weighted by atomic mass is 16.5. The van der Waals surface area contributed by atoms with Gasteiger partial charge in [-0.25, -0.2) is 10.8 Å². The van der Waals surface area contributed by atoms with E-state index in [1.807, 2.05) is 31.2 Å². The van der Waals surface area contributed by atoms with Crippen LogP contribution >= 0.6 is 0 Å². The highest BCUT2D eigenvalue weighted by molar-refractivity contribution is 5.92. The molecule has 0 aliphatic carbocycles. The van der Waals surface area contributed by atoms with Crippen LogP contribution in [0.3, 0.4) is 0 Å². The Hall–Kier alpha value is -1.81. The zero-order valence-corrected chi connectivity index (χ0v) is 8.53. The Balaban J connectivity index is 2.57. The lowest BCUT2D eigenvalue weighted by Gasteiger charge is -2.07. The normalized spacial score (nSPS) is 10.3. The summed E-state index contributed by atoms with van der Waals surface area (Å²) in [5, 5.41) is 2.05. The maximum Gasteiger partial charge on any atom is 0.147 e. The van der Waals surface area contributed by atoms with Crippen LogP contribution in [-0.4, -0.2) is 11.6 Å². The maximum atomic E-state index is 5.42. The number of nitrogen functional groups attached to an aromatic ring is 1. The predicted molar refractivity (Wildman–Crippen MR) is 60.7 cm³/mol. The molecule has 2 rings (SSSR count). The summed E-state index contributed by atoms with van der Waals surface area (Å²) in [4.78, 5) is 4.13. The fourth-order valence-electron chi connectivity index (χ4n) is 1.52. The van der Waals surface area contributed by atoms with Crippen LogP contribution < -0.4 is 16.0 Å². The molecule has 1 aromatic heterocycles. The summed E-state index contributed by atoms with van der Waals surface area (Å²) < 4.78 is 5.42. The largest absolute Gasteiger partial charge is 0.494 e. The Bertz CT molecular complexity index is 470. The Labute approximate surface area is 88.0 Å². The van der Waals surface area contributed by atoms with Crippen molar-refractivity contribution < 1.29 is 4.74 Å². The molecule has 0 fully saturated rings. The first kappa shape index (κ1) is 9.73. The van der Waals surface area contributed by atoms with Gasteiger partial charge in [0, 0.05) is 11.6 Å². The van der Waals surface area contributed by atoms with Gasteiger partial charge in [0.15, 0.2) is 0 Å². The average molecular weight is 203 g/mol. The zero-order valence-electron chi connectivity index (χ0n) is 8.53. The smallest absolute Gasteiger partial charge is 0.147 e. The van der Waals surface area contributed by atoms with Crippen molar-refractivity contribution in [3.63, 3.8) is 0 Å². The Kier molecular flexibility index (Phi) is 2.69. The number of benzene rings is 1. The van der Waals surface area contributed by atoms with Gasteiger partial charge in [0.1, 0.15) is 11.6 Å². The summed E-state index contributed by atoms with van der Waals surface area (Å²) in [6.07, 6.45) is 1.72. The topological polar surface area (TPSA) is 60.2 Å². The van der Waals surface area contributed by atoms with E-state index in [4.69, 9.17) is 10.6 Å². The molecule has 3 N–H and O–H groups in total. The lowest BCUT2D eigenvalue weighted by atomic mass is 10.1. The van der Waals surface area contributed by atoms with Gasteiger partial charge in [0.2, 0.25) is 0 Å². The number of pyridine rings is 1. The predicted octanol–water partition coefficient (Wildman–Crippen LogP) is 1.92. The number of aromatic nitrogens is 1. The lowest BCUT2D eigenvalue weighted by Crippen LogP contribution is -2.08. The van der Waals surface area contributed by atoms with Crippen LogP contribution in [0.15, 0.2) is 30.5 Å². The van der Waals surface area contributed by atoms with E-state index in [-0.39, 0.29) is 0 Å². The van der Waals surface area contributed by atoms with Crippen molar-refractivity contribution in [3.8, 4) is 5.75 Å². The molecular weight excluding hydrogens is 190 g/mol. The van der Waals surface area contributed by atoms with Crippen molar-refractivity contribution in [3.05, 3.63) is 30.5 Å². The van der Waals surface area contributed by atoms with E-state index >= 15 is 0 Å². The third-order valence-corrected chi connectivity index (χ3v) is 2.19. The second kappa shape index (κ2) is 4.14. The standard InChI is InChI=1S/C11H13N3O/c1-2-15-9-4-3-8-5-6-13-11(14-12)10(8)7-9/h3-7H,2,12H2,1H3,(H,13,14). The number of rotatable bonds is 3. The summed E-state index contributed by atoms with van der Waals surface area (Å²) in [6.45, 7) is 2.60. The van der Waals surface area contributed by atoms with Gasteiger partial charge in [-0.05, 0) is 30.5 Å². The van der Waals surface area contributed by atoms with Gasteiger partial charge < -0.3 is 10.2 Å². The van der Waals surface area contributed by atoms with E-state index in [2.05, 4.69) is 10.4 Å². The number of nitrogens with two attached hydrogens (primary N) is 1. The number of nitrogens with one attached hydrogen (secondary N) is 1. The van der Waals surface area contributed by atoms with Crippen LogP contribution in [0.25, 0.3) is 10.8 Å². The average Bonchev–Trinajstić information content (AvgIpc) is 2.28. The maximum absolute atomic E-state index is 5.42. The van der Waals surface area contributed by atoms with Crippen LogP contribution in [0.4, 0.5) is 5.82 Å². The molecule has 4 heteroatoms. The summed E-state index contributed by atoms with van der Waals surface area (Å²) in [5.74, 6) is 6.88. The molecule has 78 valence electrons. The summed E-state index contributed by atoms with van der Waals surface area (Å²) in [7, 11) is 0. The molecular formula is C11H13N3O. The molecule has 1 aromatic carbocycles. The third kappa shape index (κ3) is 1.85. The molecule has 0 saturated carbocycles. The second-order valence-corrected chi connectivity index (χ2v) is 3.12. The number of anilines is 1. The number of hydrogen-bond acceptors (Lipinski definition) is 4. The van der Waals surface area contributed by atoms with Gasteiger partial charge in [0.05, 0.1) is 6.61 Å². The minimum Gasteiger partial charge on any atom is -0.494 e. The molecule has 0 unspecified atom stereocenters.